The maximum atomic E-state index is 10.2. The van der Waals surface area contributed by atoms with Gasteiger partial charge in [0.25, 0.3) is 0 Å². The van der Waals surface area contributed by atoms with Crippen LogP contribution < -0.4 is 0 Å². The van der Waals surface area contributed by atoms with E-state index in [1.807, 2.05) is 18.0 Å². The summed E-state index contributed by atoms with van der Waals surface area (Å²) in [5.74, 6) is 1.14. The van der Waals surface area contributed by atoms with Crippen molar-refractivity contribution < 1.29 is 4.79 Å². The molecule has 21 heavy (non-hydrogen) atoms. The summed E-state index contributed by atoms with van der Waals surface area (Å²) in [5, 5.41) is 1.26. The summed E-state index contributed by atoms with van der Waals surface area (Å²) in [6, 6.07) is 8.58. The first kappa shape index (κ1) is 16.1. The number of rotatable bonds is 9. The van der Waals surface area contributed by atoms with Crippen LogP contribution in [0.15, 0.2) is 35.4 Å². The Hall–Kier alpha value is -1.29. The number of pyridine rings is 1. The van der Waals surface area contributed by atoms with Crippen LogP contribution in [-0.2, 0) is 4.79 Å². The molecule has 1 aromatic carbocycles. The second kappa shape index (κ2) is 8.88. The van der Waals surface area contributed by atoms with Gasteiger partial charge in [0.1, 0.15) is 0 Å². The van der Waals surface area contributed by atoms with Crippen LogP contribution in [0, 0.1) is 6.92 Å². The van der Waals surface area contributed by atoms with E-state index in [2.05, 4.69) is 36.2 Å². The SMILES string of the molecule is Cc1ccc2c(SCCCCCC[B]C=O)ccnc2c1. The summed E-state index contributed by atoms with van der Waals surface area (Å²) in [7, 11) is 1.71. The number of carbonyl (C=O) groups is 1. The Labute approximate surface area is 132 Å². The summed E-state index contributed by atoms with van der Waals surface area (Å²) in [6.45, 7) is 2.10. The molecule has 2 nitrogen and oxygen atoms in total. The van der Waals surface area contributed by atoms with Gasteiger partial charge < -0.3 is 4.79 Å². The van der Waals surface area contributed by atoms with Gasteiger partial charge in [0.2, 0.25) is 0 Å². The third-order valence-electron chi connectivity index (χ3n) is 3.48. The molecule has 1 heterocycles. The first-order valence-corrected chi connectivity index (χ1v) is 8.55. The Balaban J connectivity index is 1.77. The van der Waals surface area contributed by atoms with Crippen LogP contribution in [-0.4, -0.2) is 24.2 Å². The normalized spacial score (nSPS) is 10.7. The molecule has 0 saturated carbocycles. The molecule has 109 valence electrons. The fourth-order valence-corrected chi connectivity index (χ4v) is 3.38. The molecule has 0 aliphatic carbocycles. The van der Waals surface area contributed by atoms with Gasteiger partial charge in [-0.1, -0.05) is 37.7 Å². The number of fused-ring (bicyclic) bond motifs is 1. The standard InChI is InChI=1S/C17H21BNOS/c1-14-6-7-15-16(12-14)19-10-8-17(15)21-11-5-3-2-4-9-18-13-20/h6-8,10,12-13H,2-5,9,11H2,1H3. The van der Waals surface area contributed by atoms with Crippen LogP contribution in [0.1, 0.15) is 31.2 Å². The van der Waals surface area contributed by atoms with E-state index in [4.69, 9.17) is 0 Å². The Morgan fingerprint density at radius 3 is 2.90 bits per heavy atom. The van der Waals surface area contributed by atoms with Crippen molar-refractivity contribution in [1.29, 1.82) is 0 Å². The third kappa shape index (κ3) is 5.20. The monoisotopic (exact) mass is 298 g/mol. The first-order valence-electron chi connectivity index (χ1n) is 7.56. The minimum Gasteiger partial charge on any atom is -0.316 e. The molecule has 2 rings (SSSR count). The van der Waals surface area contributed by atoms with Crippen molar-refractivity contribution in [2.24, 2.45) is 0 Å². The summed E-state index contributed by atoms with van der Waals surface area (Å²) in [4.78, 5) is 15.9. The van der Waals surface area contributed by atoms with Crippen LogP contribution in [0.4, 0.5) is 0 Å². The van der Waals surface area contributed by atoms with Gasteiger partial charge in [0, 0.05) is 16.5 Å². The molecule has 1 aromatic heterocycles. The minimum absolute atomic E-state index is 0.895. The number of hydrogen-bond acceptors (Lipinski definition) is 3. The fraction of sp³-hybridized carbons (Fsp3) is 0.412. The van der Waals surface area contributed by atoms with Crippen molar-refractivity contribution in [2.45, 2.75) is 43.8 Å². The van der Waals surface area contributed by atoms with E-state index in [1.165, 1.54) is 35.1 Å². The molecule has 0 amide bonds. The van der Waals surface area contributed by atoms with Gasteiger partial charge in [0.15, 0.2) is 7.28 Å². The predicted octanol–water partition coefficient (Wildman–Crippen LogP) is 4.51. The van der Waals surface area contributed by atoms with Gasteiger partial charge in [0.05, 0.1) is 11.7 Å². The van der Waals surface area contributed by atoms with Gasteiger partial charge in [-0.2, -0.15) is 0 Å². The number of carbonyl (C=O) groups excluding carboxylic acids is 1. The second-order valence-corrected chi connectivity index (χ2v) is 6.39. The lowest BCUT2D eigenvalue weighted by Crippen LogP contribution is -1.90. The highest BCUT2D eigenvalue weighted by atomic mass is 32.2. The number of nitrogens with zero attached hydrogens (tertiary/aromatic N) is 1. The molecule has 0 spiro atoms. The second-order valence-electron chi connectivity index (χ2n) is 5.25. The molecular weight excluding hydrogens is 277 g/mol. The quantitative estimate of drug-likeness (QED) is 0.295. The number of aryl methyl sites for hydroxylation is 1. The molecule has 1 radical (unpaired) electrons. The highest BCUT2D eigenvalue weighted by Gasteiger charge is 2.02. The summed E-state index contributed by atoms with van der Waals surface area (Å²) in [6.07, 6.45) is 8.52. The maximum absolute atomic E-state index is 10.2. The molecule has 4 heteroatoms. The van der Waals surface area contributed by atoms with Crippen LogP contribution in [0.2, 0.25) is 6.32 Å². The maximum Gasteiger partial charge on any atom is 0.197 e. The van der Waals surface area contributed by atoms with Crippen molar-refractivity contribution in [3.8, 4) is 0 Å². The number of unbranched alkanes of at least 4 members (excludes halogenated alkanes) is 3. The highest BCUT2D eigenvalue weighted by Crippen LogP contribution is 2.28. The molecule has 0 atom stereocenters. The molecule has 0 aliphatic rings. The van der Waals surface area contributed by atoms with Crippen LogP contribution >= 0.6 is 11.8 Å². The van der Waals surface area contributed by atoms with Crippen molar-refractivity contribution >= 4 is 36.1 Å². The van der Waals surface area contributed by atoms with E-state index in [9.17, 15) is 4.79 Å². The van der Waals surface area contributed by atoms with E-state index in [-0.39, 0.29) is 0 Å². The highest BCUT2D eigenvalue weighted by molar-refractivity contribution is 7.99. The molecule has 0 saturated heterocycles. The Bertz CT molecular complexity index is 588. The Kier molecular flexibility index (Phi) is 6.81. The number of benzene rings is 1. The summed E-state index contributed by atoms with van der Waals surface area (Å²) >= 11 is 1.92. The number of aromatic nitrogens is 1. The Morgan fingerprint density at radius 1 is 1.19 bits per heavy atom. The van der Waals surface area contributed by atoms with E-state index < -0.39 is 0 Å². The zero-order valence-electron chi connectivity index (χ0n) is 12.5. The molecule has 0 fully saturated rings. The van der Waals surface area contributed by atoms with Gasteiger partial charge in [-0.05, 0) is 36.8 Å². The Morgan fingerprint density at radius 2 is 2.05 bits per heavy atom. The van der Waals surface area contributed by atoms with Crippen molar-refractivity contribution in [1.82, 2.24) is 4.98 Å². The zero-order chi connectivity index (χ0) is 14.9. The van der Waals surface area contributed by atoms with Crippen molar-refractivity contribution in [3.05, 3.63) is 36.0 Å². The molecule has 0 aliphatic heterocycles. The predicted molar refractivity (Wildman–Crippen MR) is 93.0 cm³/mol. The first-order chi connectivity index (χ1) is 10.3. The third-order valence-corrected chi connectivity index (χ3v) is 4.64. The van der Waals surface area contributed by atoms with Crippen LogP contribution in [0.25, 0.3) is 10.9 Å². The van der Waals surface area contributed by atoms with E-state index >= 15 is 0 Å². The average Bonchev–Trinajstić information content (AvgIpc) is 2.49. The van der Waals surface area contributed by atoms with Gasteiger partial charge >= 0.3 is 0 Å². The molecule has 0 unspecified atom stereocenters. The fourth-order valence-electron chi connectivity index (χ4n) is 2.33. The minimum atomic E-state index is 0.895. The summed E-state index contributed by atoms with van der Waals surface area (Å²) < 4.78 is 0. The number of hydrogen-bond donors (Lipinski definition) is 0. The molecule has 2 aromatic rings. The van der Waals surface area contributed by atoms with Crippen molar-refractivity contribution in [3.63, 3.8) is 0 Å². The van der Waals surface area contributed by atoms with Crippen LogP contribution in [0.3, 0.4) is 0 Å². The molecule has 0 bridgehead atoms. The zero-order valence-corrected chi connectivity index (χ0v) is 13.4. The van der Waals surface area contributed by atoms with E-state index in [0.29, 0.717) is 0 Å². The largest absolute Gasteiger partial charge is 0.316 e. The topological polar surface area (TPSA) is 30.0 Å². The van der Waals surface area contributed by atoms with E-state index in [1.54, 1.807) is 7.28 Å². The molecular formula is C17H21BNOS. The van der Waals surface area contributed by atoms with E-state index in [0.717, 1.165) is 30.2 Å². The van der Waals surface area contributed by atoms with Gasteiger partial charge in [-0.3, -0.25) is 4.98 Å². The number of thioether (sulfide) groups is 1. The van der Waals surface area contributed by atoms with Gasteiger partial charge in [-0.25, -0.2) is 0 Å². The lowest BCUT2D eigenvalue weighted by molar-refractivity contribution is 0.568. The summed E-state index contributed by atoms with van der Waals surface area (Å²) in [5.41, 5.74) is 2.34. The lowest BCUT2D eigenvalue weighted by Gasteiger charge is -2.06. The lowest BCUT2D eigenvalue weighted by atomic mass is 9.75. The van der Waals surface area contributed by atoms with Crippen molar-refractivity contribution in [2.75, 3.05) is 5.75 Å². The van der Waals surface area contributed by atoms with Crippen LogP contribution in [0.5, 0.6) is 0 Å². The average molecular weight is 298 g/mol. The molecule has 0 N–H and O–H groups in total. The van der Waals surface area contributed by atoms with Gasteiger partial charge in [-0.15, -0.1) is 11.8 Å². The smallest absolute Gasteiger partial charge is 0.197 e.